The number of carboxylic acid groups (broad SMARTS) is 2. The van der Waals surface area contributed by atoms with Gasteiger partial charge in [-0.3, -0.25) is 9.59 Å². The van der Waals surface area contributed by atoms with Crippen LogP contribution >= 0.6 is 0 Å². The van der Waals surface area contributed by atoms with E-state index in [1.807, 2.05) is 43.3 Å². The van der Waals surface area contributed by atoms with Crippen LogP contribution < -0.4 is 0 Å². The Bertz CT molecular complexity index is 311. The first-order valence-corrected chi connectivity index (χ1v) is 6.44. The Labute approximate surface area is 114 Å². The predicted molar refractivity (Wildman–Crippen MR) is 73.9 cm³/mol. The molecule has 1 aromatic carbocycles. The van der Waals surface area contributed by atoms with Crippen LogP contribution in [0, 0.1) is 11.8 Å². The molecule has 0 bridgehead atoms. The fourth-order valence-corrected chi connectivity index (χ4v) is 2.07. The van der Waals surface area contributed by atoms with Crippen molar-refractivity contribution in [3.05, 3.63) is 36.4 Å². The van der Waals surface area contributed by atoms with E-state index in [4.69, 9.17) is 15.0 Å². The van der Waals surface area contributed by atoms with Gasteiger partial charge in [-0.05, 0) is 18.8 Å². The van der Waals surface area contributed by atoms with Gasteiger partial charge in [-0.15, -0.1) is 0 Å². The molecule has 0 spiro atoms. The van der Waals surface area contributed by atoms with Crippen LogP contribution in [-0.2, 0) is 9.59 Å². The largest absolute Gasteiger partial charge is 0.483 e. The van der Waals surface area contributed by atoms with Crippen LogP contribution in [0.2, 0.25) is 0 Å². The van der Waals surface area contributed by atoms with Crippen LogP contribution in [0.15, 0.2) is 36.4 Å². The summed E-state index contributed by atoms with van der Waals surface area (Å²) >= 11 is 0. The van der Waals surface area contributed by atoms with E-state index < -0.39 is 5.97 Å². The van der Waals surface area contributed by atoms with E-state index in [1.165, 1.54) is 6.42 Å². The summed E-state index contributed by atoms with van der Waals surface area (Å²) in [7, 11) is 0. The third kappa shape index (κ3) is 8.83. The highest BCUT2D eigenvalue weighted by atomic mass is 16.4. The highest BCUT2D eigenvalue weighted by Crippen LogP contribution is 2.29. The molecule has 2 rings (SSSR count). The lowest BCUT2D eigenvalue weighted by Crippen LogP contribution is -2.24. The molecule has 0 aliphatic heterocycles. The van der Waals surface area contributed by atoms with Gasteiger partial charge in [-0.1, -0.05) is 56.2 Å². The standard InChI is InChI=1S/C8H14O2.C6H6.CH2O2/c1-6-4-2-3-5-7(6)8(9)10;1-2-4-6-5-3-1;2-1-3/h6-7H,2-5H2,1H3,(H,9,10);1-6H;1H,(H,2,3). The summed E-state index contributed by atoms with van der Waals surface area (Å²) in [5.74, 6) is -0.271. The molecule has 19 heavy (non-hydrogen) atoms. The number of carboxylic acids is 1. The van der Waals surface area contributed by atoms with Crippen LogP contribution in [0.25, 0.3) is 0 Å². The van der Waals surface area contributed by atoms with Crippen molar-refractivity contribution >= 4 is 12.4 Å². The molecular formula is C15H22O4. The summed E-state index contributed by atoms with van der Waals surface area (Å²) in [6.45, 7) is 1.79. The first-order valence-electron chi connectivity index (χ1n) is 6.44. The fraction of sp³-hybridized carbons (Fsp3) is 0.467. The summed E-state index contributed by atoms with van der Waals surface area (Å²) in [6.07, 6.45) is 4.29. The SMILES string of the molecule is CC1CCCCC1C(=O)O.O=CO.c1ccccc1. The summed E-state index contributed by atoms with van der Waals surface area (Å²) < 4.78 is 0. The number of benzene rings is 1. The fourth-order valence-electron chi connectivity index (χ4n) is 2.07. The number of aliphatic carboxylic acids is 1. The maximum atomic E-state index is 10.6. The molecule has 4 heteroatoms. The Morgan fingerprint density at radius 3 is 1.68 bits per heavy atom. The second kappa shape index (κ2) is 11.3. The maximum Gasteiger partial charge on any atom is 0.306 e. The van der Waals surface area contributed by atoms with Crippen LogP contribution in [0.3, 0.4) is 0 Å². The van der Waals surface area contributed by atoms with Crippen LogP contribution in [-0.4, -0.2) is 22.7 Å². The van der Waals surface area contributed by atoms with Crippen LogP contribution in [0.4, 0.5) is 0 Å². The lowest BCUT2D eigenvalue weighted by molar-refractivity contribution is -0.144. The zero-order valence-corrected chi connectivity index (χ0v) is 11.2. The van der Waals surface area contributed by atoms with Gasteiger partial charge in [0, 0.05) is 0 Å². The summed E-state index contributed by atoms with van der Waals surface area (Å²) in [4.78, 5) is 18.9. The van der Waals surface area contributed by atoms with Crippen molar-refractivity contribution < 1.29 is 19.8 Å². The maximum absolute atomic E-state index is 10.6. The molecule has 0 saturated heterocycles. The lowest BCUT2D eigenvalue weighted by Gasteiger charge is -2.24. The Morgan fingerprint density at radius 2 is 1.42 bits per heavy atom. The van der Waals surface area contributed by atoms with E-state index in [0.29, 0.717) is 5.92 Å². The smallest absolute Gasteiger partial charge is 0.306 e. The van der Waals surface area contributed by atoms with Crippen molar-refractivity contribution in [1.82, 2.24) is 0 Å². The molecule has 1 saturated carbocycles. The third-order valence-electron chi connectivity index (χ3n) is 3.10. The van der Waals surface area contributed by atoms with Crippen LogP contribution in [0.5, 0.6) is 0 Å². The summed E-state index contributed by atoms with van der Waals surface area (Å²) in [5, 5.41) is 15.6. The van der Waals surface area contributed by atoms with Crippen molar-refractivity contribution in [2.45, 2.75) is 32.6 Å². The van der Waals surface area contributed by atoms with Crippen molar-refractivity contribution in [2.75, 3.05) is 0 Å². The first-order chi connectivity index (χ1) is 9.13. The molecule has 1 fully saturated rings. The monoisotopic (exact) mass is 266 g/mol. The average molecular weight is 266 g/mol. The van der Waals surface area contributed by atoms with Gasteiger partial charge in [0.25, 0.3) is 6.47 Å². The van der Waals surface area contributed by atoms with Gasteiger partial charge in [0.2, 0.25) is 0 Å². The first kappa shape index (κ1) is 17.2. The molecule has 0 aromatic heterocycles. The minimum absolute atomic E-state index is 0.0613. The normalized spacial score (nSPS) is 20.9. The lowest BCUT2D eigenvalue weighted by atomic mass is 9.81. The number of rotatable bonds is 1. The van der Waals surface area contributed by atoms with Gasteiger partial charge in [-0.2, -0.15) is 0 Å². The quantitative estimate of drug-likeness (QED) is 0.765. The van der Waals surface area contributed by atoms with E-state index in [0.717, 1.165) is 19.3 Å². The molecule has 0 radical (unpaired) electrons. The molecule has 0 amide bonds. The Balaban J connectivity index is 0.000000306. The molecule has 2 unspecified atom stereocenters. The number of hydrogen-bond donors (Lipinski definition) is 2. The highest BCUT2D eigenvalue weighted by molar-refractivity contribution is 5.70. The van der Waals surface area contributed by atoms with Crippen LogP contribution in [0.1, 0.15) is 32.6 Å². The predicted octanol–water partition coefficient (Wildman–Crippen LogP) is 3.28. The average Bonchev–Trinajstić information content (AvgIpc) is 2.42. The molecule has 2 atom stereocenters. The van der Waals surface area contributed by atoms with Crippen molar-refractivity contribution in [3.63, 3.8) is 0 Å². The highest BCUT2D eigenvalue weighted by Gasteiger charge is 2.26. The van der Waals surface area contributed by atoms with Gasteiger partial charge in [0.15, 0.2) is 0 Å². The molecule has 2 N–H and O–H groups in total. The molecule has 0 heterocycles. The van der Waals surface area contributed by atoms with E-state index in [9.17, 15) is 4.79 Å². The summed E-state index contributed by atoms with van der Waals surface area (Å²) in [5.41, 5.74) is 0. The minimum atomic E-state index is -0.604. The van der Waals surface area contributed by atoms with E-state index in [2.05, 4.69) is 0 Å². The molecule has 4 nitrogen and oxygen atoms in total. The molecule has 1 aliphatic rings. The topological polar surface area (TPSA) is 74.6 Å². The van der Waals surface area contributed by atoms with Gasteiger partial charge in [-0.25, -0.2) is 0 Å². The molecule has 106 valence electrons. The number of carbonyl (C=O) groups is 2. The van der Waals surface area contributed by atoms with E-state index in [1.54, 1.807) is 0 Å². The molecule has 1 aliphatic carbocycles. The Hall–Kier alpha value is -1.84. The van der Waals surface area contributed by atoms with Crippen molar-refractivity contribution in [3.8, 4) is 0 Å². The van der Waals surface area contributed by atoms with E-state index >= 15 is 0 Å². The van der Waals surface area contributed by atoms with Gasteiger partial charge >= 0.3 is 5.97 Å². The summed E-state index contributed by atoms with van der Waals surface area (Å²) in [6, 6.07) is 12.0. The van der Waals surface area contributed by atoms with Gasteiger partial charge < -0.3 is 10.2 Å². The molecule has 1 aromatic rings. The zero-order valence-electron chi connectivity index (χ0n) is 11.2. The number of hydrogen-bond acceptors (Lipinski definition) is 2. The Kier molecular flexibility index (Phi) is 10.2. The molecular weight excluding hydrogens is 244 g/mol. The second-order valence-corrected chi connectivity index (χ2v) is 4.47. The third-order valence-corrected chi connectivity index (χ3v) is 3.10. The second-order valence-electron chi connectivity index (χ2n) is 4.47. The Morgan fingerprint density at radius 1 is 1.05 bits per heavy atom. The van der Waals surface area contributed by atoms with Gasteiger partial charge in [0.1, 0.15) is 0 Å². The van der Waals surface area contributed by atoms with Crippen molar-refractivity contribution in [1.29, 1.82) is 0 Å². The minimum Gasteiger partial charge on any atom is -0.483 e. The van der Waals surface area contributed by atoms with Gasteiger partial charge in [0.05, 0.1) is 5.92 Å². The van der Waals surface area contributed by atoms with Crippen molar-refractivity contribution in [2.24, 2.45) is 11.8 Å². The van der Waals surface area contributed by atoms with E-state index in [-0.39, 0.29) is 12.4 Å². The zero-order chi connectivity index (χ0) is 14.5.